The van der Waals surface area contributed by atoms with Crippen LogP contribution in [0.2, 0.25) is 0 Å². The lowest BCUT2D eigenvalue weighted by Gasteiger charge is -2.24. The summed E-state index contributed by atoms with van der Waals surface area (Å²) in [6.07, 6.45) is 2.86. The highest BCUT2D eigenvalue weighted by Crippen LogP contribution is 2.06. The molecule has 0 aliphatic carbocycles. The van der Waals surface area contributed by atoms with E-state index >= 15 is 0 Å². The first-order chi connectivity index (χ1) is 8.56. The van der Waals surface area contributed by atoms with E-state index in [2.05, 4.69) is 10.2 Å². The normalized spacial score (nSPS) is 17.4. The summed E-state index contributed by atoms with van der Waals surface area (Å²) < 4.78 is 0. The molecule has 1 saturated heterocycles. The summed E-state index contributed by atoms with van der Waals surface area (Å²) in [4.78, 5) is 26.2. The van der Waals surface area contributed by atoms with Crippen LogP contribution in [-0.2, 0) is 4.79 Å². The molecule has 1 atom stereocenters. The third-order valence-corrected chi connectivity index (χ3v) is 3.36. The van der Waals surface area contributed by atoms with Gasteiger partial charge in [0.1, 0.15) is 6.04 Å². The molecule has 0 aromatic carbocycles. The number of likely N-dealkylation sites (N-methyl/N-ethyl adjacent to an activating group) is 1. The van der Waals surface area contributed by atoms with Crippen molar-refractivity contribution in [3.63, 3.8) is 0 Å². The predicted molar refractivity (Wildman–Crippen MR) is 68.6 cm³/mol. The number of rotatable bonds is 6. The van der Waals surface area contributed by atoms with Crippen LogP contribution >= 0.6 is 0 Å². The molecule has 6 nitrogen and oxygen atoms in total. The average molecular weight is 257 g/mol. The predicted octanol–water partition coefficient (Wildman–Crippen LogP) is 0.587. The van der Waals surface area contributed by atoms with Crippen molar-refractivity contribution in [1.82, 2.24) is 15.1 Å². The minimum Gasteiger partial charge on any atom is -0.480 e. The first-order valence-electron chi connectivity index (χ1n) is 6.52. The van der Waals surface area contributed by atoms with E-state index in [0.29, 0.717) is 13.0 Å². The number of likely N-dealkylation sites (tertiary alicyclic amines) is 1. The van der Waals surface area contributed by atoms with Gasteiger partial charge in [-0.1, -0.05) is 6.92 Å². The van der Waals surface area contributed by atoms with Crippen LogP contribution in [0.25, 0.3) is 0 Å². The van der Waals surface area contributed by atoms with E-state index in [1.807, 2.05) is 0 Å². The number of hydrogen-bond donors (Lipinski definition) is 2. The molecule has 0 aromatic rings. The Labute approximate surface area is 108 Å². The van der Waals surface area contributed by atoms with Gasteiger partial charge in [-0.25, -0.2) is 9.59 Å². The van der Waals surface area contributed by atoms with Crippen molar-refractivity contribution in [2.45, 2.75) is 32.2 Å². The molecular weight excluding hydrogens is 234 g/mol. The lowest BCUT2D eigenvalue weighted by atomic mass is 10.2. The van der Waals surface area contributed by atoms with Crippen molar-refractivity contribution in [2.75, 3.05) is 33.2 Å². The molecule has 0 bridgehead atoms. The number of carboxylic acids is 1. The van der Waals surface area contributed by atoms with Crippen LogP contribution in [0.1, 0.15) is 26.2 Å². The molecule has 0 saturated carbocycles. The summed E-state index contributed by atoms with van der Waals surface area (Å²) in [5.74, 6) is -0.963. The zero-order chi connectivity index (χ0) is 13.5. The fraction of sp³-hybridized carbons (Fsp3) is 0.833. The molecular formula is C12H23N3O3. The zero-order valence-electron chi connectivity index (χ0n) is 11.2. The Morgan fingerprint density at radius 1 is 1.39 bits per heavy atom. The van der Waals surface area contributed by atoms with Crippen LogP contribution < -0.4 is 5.32 Å². The van der Waals surface area contributed by atoms with Gasteiger partial charge in [-0.05, 0) is 32.4 Å². The van der Waals surface area contributed by atoms with Gasteiger partial charge in [0.25, 0.3) is 0 Å². The zero-order valence-corrected chi connectivity index (χ0v) is 11.2. The molecule has 6 heteroatoms. The van der Waals surface area contributed by atoms with Crippen molar-refractivity contribution in [2.24, 2.45) is 0 Å². The van der Waals surface area contributed by atoms with Crippen LogP contribution in [0.5, 0.6) is 0 Å². The van der Waals surface area contributed by atoms with Crippen molar-refractivity contribution in [3.8, 4) is 0 Å². The SMILES string of the molecule is CCC(C(=O)O)N(C)C(=O)NCCN1CCCC1. The minimum atomic E-state index is -0.963. The van der Waals surface area contributed by atoms with E-state index in [9.17, 15) is 9.59 Å². The van der Waals surface area contributed by atoms with E-state index in [-0.39, 0.29) is 6.03 Å². The Bertz CT molecular complexity index is 290. The molecule has 18 heavy (non-hydrogen) atoms. The number of carbonyl (C=O) groups is 2. The van der Waals surface area contributed by atoms with Crippen LogP contribution in [-0.4, -0.2) is 66.2 Å². The highest BCUT2D eigenvalue weighted by molar-refractivity contribution is 5.82. The number of amides is 2. The van der Waals surface area contributed by atoms with Crippen molar-refractivity contribution in [1.29, 1.82) is 0 Å². The van der Waals surface area contributed by atoms with E-state index in [1.165, 1.54) is 24.8 Å². The van der Waals surface area contributed by atoms with E-state index in [0.717, 1.165) is 19.6 Å². The Morgan fingerprint density at radius 3 is 2.50 bits per heavy atom. The summed E-state index contributed by atoms with van der Waals surface area (Å²) in [5, 5.41) is 11.7. The monoisotopic (exact) mass is 257 g/mol. The highest BCUT2D eigenvalue weighted by Gasteiger charge is 2.24. The van der Waals surface area contributed by atoms with Crippen molar-refractivity contribution < 1.29 is 14.7 Å². The summed E-state index contributed by atoms with van der Waals surface area (Å²) in [6, 6.07) is -1.07. The van der Waals surface area contributed by atoms with Crippen molar-refractivity contribution in [3.05, 3.63) is 0 Å². The Balaban J connectivity index is 2.28. The van der Waals surface area contributed by atoms with Gasteiger partial charge in [-0.3, -0.25) is 0 Å². The van der Waals surface area contributed by atoms with Gasteiger partial charge in [0.05, 0.1) is 0 Å². The lowest BCUT2D eigenvalue weighted by molar-refractivity contribution is -0.141. The lowest BCUT2D eigenvalue weighted by Crippen LogP contribution is -2.48. The van der Waals surface area contributed by atoms with Crippen LogP contribution in [0.3, 0.4) is 0 Å². The molecule has 0 radical (unpaired) electrons. The van der Waals surface area contributed by atoms with E-state index < -0.39 is 12.0 Å². The van der Waals surface area contributed by atoms with Gasteiger partial charge >= 0.3 is 12.0 Å². The number of carboxylic acid groups (broad SMARTS) is 1. The van der Waals surface area contributed by atoms with Gasteiger partial charge in [-0.2, -0.15) is 0 Å². The molecule has 2 amide bonds. The highest BCUT2D eigenvalue weighted by atomic mass is 16.4. The maximum Gasteiger partial charge on any atom is 0.326 e. The number of nitrogens with zero attached hydrogens (tertiary/aromatic N) is 2. The summed E-state index contributed by atoms with van der Waals surface area (Å²) >= 11 is 0. The second-order valence-electron chi connectivity index (χ2n) is 4.65. The topological polar surface area (TPSA) is 72.9 Å². The number of hydrogen-bond acceptors (Lipinski definition) is 3. The van der Waals surface area contributed by atoms with Gasteiger partial charge in [-0.15, -0.1) is 0 Å². The Morgan fingerprint density at radius 2 is 2.00 bits per heavy atom. The van der Waals surface area contributed by atoms with E-state index in [4.69, 9.17) is 5.11 Å². The molecule has 0 spiro atoms. The second-order valence-corrected chi connectivity index (χ2v) is 4.65. The molecule has 0 aromatic heterocycles. The Kier molecular flexibility index (Phi) is 5.91. The maximum atomic E-state index is 11.8. The minimum absolute atomic E-state index is 0.316. The molecule has 1 rings (SSSR count). The average Bonchev–Trinajstić information content (AvgIpc) is 2.82. The standard InChI is InChI=1S/C12H23N3O3/c1-3-10(11(16)17)14(2)12(18)13-6-9-15-7-4-5-8-15/h10H,3-9H2,1-2H3,(H,13,18)(H,16,17). The van der Waals surface area contributed by atoms with E-state index in [1.54, 1.807) is 6.92 Å². The van der Waals surface area contributed by atoms with Crippen LogP contribution in [0.15, 0.2) is 0 Å². The van der Waals surface area contributed by atoms with Gasteiger partial charge in [0.2, 0.25) is 0 Å². The first kappa shape index (κ1) is 14.8. The molecule has 1 heterocycles. The molecule has 2 N–H and O–H groups in total. The summed E-state index contributed by atoms with van der Waals surface area (Å²) in [6.45, 7) is 5.35. The third kappa shape index (κ3) is 4.18. The van der Waals surface area contributed by atoms with Crippen LogP contribution in [0.4, 0.5) is 4.79 Å². The van der Waals surface area contributed by atoms with Gasteiger partial charge in [0.15, 0.2) is 0 Å². The fourth-order valence-corrected chi connectivity index (χ4v) is 2.21. The smallest absolute Gasteiger partial charge is 0.326 e. The quantitative estimate of drug-likeness (QED) is 0.730. The fourth-order valence-electron chi connectivity index (χ4n) is 2.21. The number of carbonyl (C=O) groups excluding carboxylic acids is 1. The molecule has 1 unspecified atom stereocenters. The van der Waals surface area contributed by atoms with Crippen LogP contribution in [0, 0.1) is 0 Å². The number of nitrogens with one attached hydrogen (secondary N) is 1. The summed E-state index contributed by atoms with van der Waals surface area (Å²) in [5.41, 5.74) is 0. The Hall–Kier alpha value is -1.30. The summed E-state index contributed by atoms with van der Waals surface area (Å²) in [7, 11) is 1.52. The first-order valence-corrected chi connectivity index (χ1v) is 6.52. The molecule has 1 fully saturated rings. The maximum absolute atomic E-state index is 11.8. The molecule has 1 aliphatic rings. The largest absolute Gasteiger partial charge is 0.480 e. The number of aliphatic carboxylic acids is 1. The number of urea groups is 1. The van der Waals surface area contributed by atoms with Gasteiger partial charge in [0, 0.05) is 20.1 Å². The molecule has 1 aliphatic heterocycles. The third-order valence-electron chi connectivity index (χ3n) is 3.36. The van der Waals surface area contributed by atoms with Gasteiger partial charge < -0.3 is 20.2 Å². The second kappa shape index (κ2) is 7.20. The molecule has 104 valence electrons. The van der Waals surface area contributed by atoms with Crippen molar-refractivity contribution >= 4 is 12.0 Å².